The number of hydrogen-bond acceptors (Lipinski definition) is 6. The monoisotopic (exact) mass is 413 g/mol. The van der Waals surface area contributed by atoms with Crippen molar-refractivity contribution < 1.29 is 18.3 Å². The van der Waals surface area contributed by atoms with E-state index in [2.05, 4.69) is 9.94 Å². The van der Waals surface area contributed by atoms with Gasteiger partial charge in [0.05, 0.1) is 28.6 Å². The number of para-hydroxylation sites is 1. The second-order valence-corrected chi connectivity index (χ2v) is 8.26. The Balaban J connectivity index is 1.93. The Kier molecular flexibility index (Phi) is 6.08. The third kappa shape index (κ3) is 5.29. The first-order valence-electron chi connectivity index (χ1n) is 8.74. The summed E-state index contributed by atoms with van der Waals surface area (Å²) in [7, 11) is -3.28. The Morgan fingerprint density at radius 1 is 1.14 bits per heavy atom. The molecule has 0 spiro atoms. The molecule has 0 N–H and O–H groups in total. The topological polar surface area (TPSA) is 104 Å². The molecule has 29 heavy (non-hydrogen) atoms. The SMILES string of the molecule is CS(=O)(=O)c1ccc(-c2cc(/C=C/CCO[N+](=O)[O-])nn2-c2ccccc2)cc1. The van der Waals surface area contributed by atoms with Crippen molar-refractivity contribution in [2.24, 2.45) is 0 Å². The van der Waals surface area contributed by atoms with Crippen LogP contribution in [0.2, 0.25) is 0 Å². The first-order valence-corrected chi connectivity index (χ1v) is 10.6. The highest BCUT2D eigenvalue weighted by molar-refractivity contribution is 7.90. The fraction of sp³-hybridized carbons (Fsp3) is 0.150. The van der Waals surface area contributed by atoms with Crippen LogP contribution < -0.4 is 0 Å². The lowest BCUT2D eigenvalue weighted by molar-refractivity contribution is -0.757. The molecule has 1 heterocycles. The highest BCUT2D eigenvalue weighted by Crippen LogP contribution is 2.26. The molecular weight excluding hydrogens is 394 g/mol. The third-order valence-electron chi connectivity index (χ3n) is 4.08. The quantitative estimate of drug-likeness (QED) is 0.318. The van der Waals surface area contributed by atoms with E-state index >= 15 is 0 Å². The number of aromatic nitrogens is 2. The summed E-state index contributed by atoms with van der Waals surface area (Å²) in [5.41, 5.74) is 3.12. The summed E-state index contributed by atoms with van der Waals surface area (Å²) in [5.74, 6) is 0. The summed E-state index contributed by atoms with van der Waals surface area (Å²) in [6.45, 7) is -0.0251. The summed E-state index contributed by atoms with van der Waals surface area (Å²) in [6, 6.07) is 18.0. The first-order chi connectivity index (χ1) is 13.8. The van der Waals surface area contributed by atoms with Crippen molar-refractivity contribution >= 4 is 15.9 Å². The maximum atomic E-state index is 11.7. The molecule has 3 aromatic rings. The van der Waals surface area contributed by atoms with Gasteiger partial charge in [-0.05, 0) is 42.8 Å². The van der Waals surface area contributed by atoms with Gasteiger partial charge in [-0.1, -0.05) is 36.4 Å². The van der Waals surface area contributed by atoms with Crippen LogP contribution in [0.3, 0.4) is 0 Å². The molecule has 0 radical (unpaired) electrons. The summed E-state index contributed by atoms with van der Waals surface area (Å²) in [6.07, 6.45) is 5.05. The van der Waals surface area contributed by atoms with Gasteiger partial charge >= 0.3 is 0 Å². The van der Waals surface area contributed by atoms with Crippen molar-refractivity contribution in [1.29, 1.82) is 0 Å². The zero-order valence-electron chi connectivity index (χ0n) is 15.6. The normalized spacial score (nSPS) is 11.6. The third-order valence-corrected chi connectivity index (χ3v) is 5.21. The van der Waals surface area contributed by atoms with E-state index in [0.717, 1.165) is 16.9 Å². The van der Waals surface area contributed by atoms with Crippen LogP contribution in [0.5, 0.6) is 0 Å². The van der Waals surface area contributed by atoms with E-state index in [0.29, 0.717) is 12.1 Å². The standard InChI is InChI=1S/C20H19N3O5S/c1-29(26,27)19-12-10-16(11-13-19)20-15-17(7-5-6-14-28-23(24)25)21-22(20)18-8-3-2-4-9-18/h2-5,7-13,15H,6,14H2,1H3/b7-5+. The minimum absolute atomic E-state index is 0.0251. The molecule has 1 aromatic heterocycles. The van der Waals surface area contributed by atoms with Gasteiger partial charge in [-0.2, -0.15) is 5.10 Å². The minimum Gasteiger partial charge on any atom is -0.314 e. The molecule has 2 aromatic carbocycles. The molecule has 0 saturated carbocycles. The fourth-order valence-corrected chi connectivity index (χ4v) is 3.36. The zero-order chi connectivity index (χ0) is 20.9. The average molecular weight is 413 g/mol. The molecule has 0 bridgehead atoms. The van der Waals surface area contributed by atoms with E-state index in [4.69, 9.17) is 0 Å². The maximum Gasteiger partial charge on any atom is 0.294 e. The maximum absolute atomic E-state index is 11.7. The molecule has 0 aliphatic carbocycles. The van der Waals surface area contributed by atoms with Gasteiger partial charge in [0.2, 0.25) is 0 Å². The molecule has 3 rings (SSSR count). The summed E-state index contributed by atoms with van der Waals surface area (Å²) in [4.78, 5) is 14.7. The summed E-state index contributed by atoms with van der Waals surface area (Å²) < 4.78 is 25.2. The van der Waals surface area contributed by atoms with Crippen LogP contribution in [-0.4, -0.2) is 36.1 Å². The minimum atomic E-state index is -3.28. The van der Waals surface area contributed by atoms with Gasteiger partial charge < -0.3 is 4.84 Å². The molecule has 0 saturated heterocycles. The van der Waals surface area contributed by atoms with E-state index in [1.165, 1.54) is 6.26 Å². The number of sulfone groups is 1. The second kappa shape index (κ2) is 8.70. The summed E-state index contributed by atoms with van der Waals surface area (Å²) >= 11 is 0. The van der Waals surface area contributed by atoms with Crippen molar-refractivity contribution in [3.63, 3.8) is 0 Å². The Hall–Kier alpha value is -3.46. The van der Waals surface area contributed by atoms with Crippen LogP contribution in [-0.2, 0) is 14.7 Å². The average Bonchev–Trinajstić information content (AvgIpc) is 3.12. The van der Waals surface area contributed by atoms with Crippen molar-refractivity contribution in [3.8, 4) is 16.9 Å². The van der Waals surface area contributed by atoms with Gasteiger partial charge in [0.25, 0.3) is 5.09 Å². The van der Waals surface area contributed by atoms with E-state index < -0.39 is 14.9 Å². The van der Waals surface area contributed by atoms with Gasteiger partial charge in [-0.25, -0.2) is 13.1 Å². The molecule has 0 fully saturated rings. The Labute approximate surface area is 168 Å². The van der Waals surface area contributed by atoms with Crippen LogP contribution in [0.25, 0.3) is 23.0 Å². The smallest absolute Gasteiger partial charge is 0.294 e. The fourth-order valence-electron chi connectivity index (χ4n) is 2.72. The lowest BCUT2D eigenvalue weighted by Gasteiger charge is -2.08. The van der Waals surface area contributed by atoms with E-state index in [-0.39, 0.29) is 11.5 Å². The number of hydrogen-bond donors (Lipinski definition) is 0. The summed E-state index contributed by atoms with van der Waals surface area (Å²) in [5, 5.41) is 14.0. The zero-order valence-corrected chi connectivity index (χ0v) is 16.5. The molecule has 0 aliphatic heterocycles. The molecule has 0 amide bonds. The van der Waals surface area contributed by atoms with Crippen LogP contribution in [0.1, 0.15) is 12.1 Å². The van der Waals surface area contributed by atoms with E-state index in [1.807, 2.05) is 36.4 Å². The predicted octanol–water partition coefficient (Wildman–Crippen LogP) is 3.55. The Morgan fingerprint density at radius 3 is 2.45 bits per heavy atom. The van der Waals surface area contributed by atoms with Gasteiger partial charge in [-0.15, -0.1) is 10.1 Å². The van der Waals surface area contributed by atoms with Crippen molar-refractivity contribution in [3.05, 3.63) is 82.5 Å². The highest BCUT2D eigenvalue weighted by Gasteiger charge is 2.12. The van der Waals surface area contributed by atoms with Gasteiger partial charge in [0.15, 0.2) is 9.84 Å². The lowest BCUT2D eigenvalue weighted by atomic mass is 10.1. The molecule has 0 aliphatic rings. The van der Waals surface area contributed by atoms with Gasteiger partial charge in [0, 0.05) is 11.8 Å². The van der Waals surface area contributed by atoms with Crippen LogP contribution in [0.15, 0.2) is 71.6 Å². The second-order valence-electron chi connectivity index (χ2n) is 6.25. The van der Waals surface area contributed by atoms with Crippen molar-refractivity contribution in [2.45, 2.75) is 11.3 Å². The largest absolute Gasteiger partial charge is 0.314 e. The van der Waals surface area contributed by atoms with E-state index in [9.17, 15) is 18.5 Å². The number of benzene rings is 2. The van der Waals surface area contributed by atoms with Gasteiger partial charge in [0.1, 0.15) is 0 Å². The van der Waals surface area contributed by atoms with Gasteiger partial charge in [-0.3, -0.25) is 0 Å². The van der Waals surface area contributed by atoms with Crippen molar-refractivity contribution in [1.82, 2.24) is 9.78 Å². The predicted molar refractivity (Wildman–Crippen MR) is 109 cm³/mol. The molecule has 8 nitrogen and oxygen atoms in total. The lowest BCUT2D eigenvalue weighted by Crippen LogP contribution is -2.00. The van der Waals surface area contributed by atoms with Crippen LogP contribution >= 0.6 is 0 Å². The Morgan fingerprint density at radius 2 is 1.83 bits per heavy atom. The number of rotatable bonds is 8. The molecule has 0 atom stereocenters. The van der Waals surface area contributed by atoms with Crippen LogP contribution in [0.4, 0.5) is 0 Å². The van der Waals surface area contributed by atoms with E-state index in [1.54, 1.807) is 41.1 Å². The van der Waals surface area contributed by atoms with Crippen LogP contribution in [0, 0.1) is 10.1 Å². The molecule has 150 valence electrons. The molecule has 9 heteroatoms. The Bertz CT molecular complexity index is 1120. The first kappa shape index (κ1) is 20.3. The molecular formula is C20H19N3O5S. The van der Waals surface area contributed by atoms with Crippen molar-refractivity contribution in [2.75, 3.05) is 12.9 Å². The molecule has 0 unspecified atom stereocenters. The number of nitrogens with zero attached hydrogens (tertiary/aromatic N) is 3. The highest BCUT2D eigenvalue weighted by atomic mass is 32.2.